The van der Waals surface area contributed by atoms with Crippen molar-refractivity contribution in [2.24, 2.45) is 5.92 Å². The van der Waals surface area contributed by atoms with Gasteiger partial charge in [0.2, 0.25) is 0 Å². The zero-order chi connectivity index (χ0) is 10.7. The highest BCUT2D eigenvalue weighted by Gasteiger charge is 2.18. The quantitative estimate of drug-likeness (QED) is 0.872. The Morgan fingerprint density at radius 2 is 2.21 bits per heavy atom. The maximum absolute atomic E-state index is 3.57. The number of halogens is 1. The van der Waals surface area contributed by atoms with Gasteiger partial charge in [0.1, 0.15) is 0 Å². The minimum Gasteiger partial charge on any atom is -0.312 e. The lowest BCUT2D eigenvalue weighted by Gasteiger charge is -2.20. The van der Waals surface area contributed by atoms with Crippen LogP contribution < -0.4 is 5.32 Å². The fraction of sp³-hybridized carbons (Fsp3) is 0.636. The highest BCUT2D eigenvalue weighted by atomic mass is 79.9. The first-order chi connectivity index (χ1) is 6.60. The second kappa shape index (κ2) is 5.29. The molecule has 0 aliphatic rings. The first-order valence-electron chi connectivity index (χ1n) is 5.03. The summed E-state index contributed by atoms with van der Waals surface area (Å²) in [5.74, 6) is 0.685. The smallest absolute Gasteiger partial charge is 0.0438 e. The highest BCUT2D eigenvalue weighted by Crippen LogP contribution is 2.34. The molecule has 0 amide bonds. The van der Waals surface area contributed by atoms with Gasteiger partial charge in [-0.05, 0) is 41.9 Å². The van der Waals surface area contributed by atoms with Gasteiger partial charge in [0.05, 0.1) is 0 Å². The Morgan fingerprint density at radius 3 is 2.57 bits per heavy atom. The van der Waals surface area contributed by atoms with Crippen LogP contribution in [0.2, 0.25) is 0 Å². The maximum atomic E-state index is 3.57. The molecule has 0 aromatic carbocycles. The fourth-order valence-corrected chi connectivity index (χ4v) is 3.38. The van der Waals surface area contributed by atoms with Crippen molar-refractivity contribution in [3.63, 3.8) is 0 Å². The maximum Gasteiger partial charge on any atom is 0.0438 e. The molecule has 0 radical (unpaired) electrons. The first kappa shape index (κ1) is 12.2. The van der Waals surface area contributed by atoms with Gasteiger partial charge >= 0.3 is 0 Å². The molecule has 0 spiro atoms. The van der Waals surface area contributed by atoms with Crippen molar-refractivity contribution in [3.8, 4) is 0 Å². The standard InChI is InChI=1S/C11H18BrNS/c1-5-7(2)11(13-4)10-6-9(12)8(3)14-10/h6-7,11,13H,5H2,1-4H3. The number of nitrogens with one attached hydrogen (secondary N) is 1. The van der Waals surface area contributed by atoms with Crippen LogP contribution in [0, 0.1) is 12.8 Å². The van der Waals surface area contributed by atoms with E-state index in [4.69, 9.17) is 0 Å². The van der Waals surface area contributed by atoms with E-state index in [1.807, 2.05) is 18.4 Å². The van der Waals surface area contributed by atoms with Gasteiger partial charge < -0.3 is 5.32 Å². The lowest BCUT2D eigenvalue weighted by molar-refractivity contribution is 0.406. The minimum atomic E-state index is 0.495. The minimum absolute atomic E-state index is 0.495. The van der Waals surface area contributed by atoms with Crippen LogP contribution in [-0.2, 0) is 0 Å². The van der Waals surface area contributed by atoms with Crippen molar-refractivity contribution >= 4 is 27.3 Å². The lowest BCUT2D eigenvalue weighted by Crippen LogP contribution is -2.21. The van der Waals surface area contributed by atoms with Crippen LogP contribution in [0.1, 0.15) is 36.1 Å². The fourth-order valence-electron chi connectivity index (χ4n) is 1.58. The molecule has 1 nitrogen and oxygen atoms in total. The van der Waals surface area contributed by atoms with Crippen molar-refractivity contribution < 1.29 is 0 Å². The number of thiophene rings is 1. The topological polar surface area (TPSA) is 12.0 Å². The van der Waals surface area contributed by atoms with E-state index in [1.165, 1.54) is 20.6 Å². The molecule has 1 aromatic rings. The SMILES string of the molecule is CCC(C)C(NC)c1cc(Br)c(C)s1. The van der Waals surface area contributed by atoms with Gasteiger partial charge in [0.25, 0.3) is 0 Å². The summed E-state index contributed by atoms with van der Waals surface area (Å²) >= 11 is 5.45. The van der Waals surface area contributed by atoms with E-state index >= 15 is 0 Å². The molecule has 3 heteroatoms. The summed E-state index contributed by atoms with van der Waals surface area (Å²) in [6.45, 7) is 6.69. The third kappa shape index (κ3) is 2.59. The summed E-state index contributed by atoms with van der Waals surface area (Å²) in [7, 11) is 2.04. The molecule has 1 aromatic heterocycles. The van der Waals surface area contributed by atoms with Gasteiger partial charge in [-0.1, -0.05) is 20.3 Å². The summed E-state index contributed by atoms with van der Waals surface area (Å²) < 4.78 is 1.24. The molecule has 80 valence electrons. The Bertz CT molecular complexity index is 276. The summed E-state index contributed by atoms with van der Waals surface area (Å²) in [4.78, 5) is 2.80. The average molecular weight is 276 g/mol. The Kier molecular flexibility index (Phi) is 4.61. The molecule has 14 heavy (non-hydrogen) atoms. The molecule has 1 N–H and O–H groups in total. The monoisotopic (exact) mass is 275 g/mol. The summed E-state index contributed by atoms with van der Waals surface area (Å²) in [5.41, 5.74) is 0. The second-order valence-corrected chi connectivity index (χ2v) is 5.85. The van der Waals surface area contributed by atoms with E-state index in [1.54, 1.807) is 0 Å². The molecular formula is C11H18BrNS. The van der Waals surface area contributed by atoms with Gasteiger partial charge in [-0.2, -0.15) is 0 Å². The zero-order valence-electron chi connectivity index (χ0n) is 9.23. The van der Waals surface area contributed by atoms with E-state index in [9.17, 15) is 0 Å². The predicted molar refractivity (Wildman–Crippen MR) is 68.0 cm³/mol. The third-order valence-corrected chi connectivity index (χ3v) is 4.93. The van der Waals surface area contributed by atoms with Crippen LogP contribution in [0.15, 0.2) is 10.5 Å². The number of hydrogen-bond acceptors (Lipinski definition) is 2. The van der Waals surface area contributed by atoms with Crippen molar-refractivity contribution in [1.29, 1.82) is 0 Å². The van der Waals surface area contributed by atoms with E-state index in [2.05, 4.69) is 48.1 Å². The molecule has 1 rings (SSSR count). The first-order valence-corrected chi connectivity index (χ1v) is 6.64. The number of hydrogen-bond donors (Lipinski definition) is 1. The van der Waals surface area contributed by atoms with Crippen LogP contribution in [0.5, 0.6) is 0 Å². The molecule has 0 saturated carbocycles. The molecule has 0 aliphatic heterocycles. The molecule has 2 unspecified atom stereocenters. The Labute approximate surface area is 99.0 Å². The average Bonchev–Trinajstić information content (AvgIpc) is 2.48. The third-order valence-electron chi connectivity index (χ3n) is 2.71. The molecule has 0 saturated heterocycles. The van der Waals surface area contributed by atoms with Crippen LogP contribution >= 0.6 is 27.3 Å². The Balaban J connectivity index is 2.89. The molecule has 2 atom stereocenters. The zero-order valence-corrected chi connectivity index (χ0v) is 11.6. The molecular weight excluding hydrogens is 258 g/mol. The van der Waals surface area contributed by atoms with Crippen LogP contribution in [0.4, 0.5) is 0 Å². The number of aryl methyl sites for hydroxylation is 1. The van der Waals surface area contributed by atoms with E-state index in [0.717, 1.165) is 0 Å². The Morgan fingerprint density at radius 1 is 1.57 bits per heavy atom. The van der Waals surface area contributed by atoms with Gasteiger partial charge in [-0.3, -0.25) is 0 Å². The lowest BCUT2D eigenvalue weighted by atomic mass is 9.98. The van der Waals surface area contributed by atoms with Crippen LogP contribution in [-0.4, -0.2) is 7.05 Å². The predicted octanol–water partition coefficient (Wildman–Crippen LogP) is 4.13. The molecule has 0 bridgehead atoms. The van der Waals surface area contributed by atoms with Crippen LogP contribution in [0.3, 0.4) is 0 Å². The summed E-state index contributed by atoms with van der Waals surface area (Å²) in [5, 5.41) is 3.40. The van der Waals surface area contributed by atoms with E-state index in [-0.39, 0.29) is 0 Å². The van der Waals surface area contributed by atoms with E-state index in [0.29, 0.717) is 12.0 Å². The summed E-state index contributed by atoms with van der Waals surface area (Å²) in [6.07, 6.45) is 1.21. The van der Waals surface area contributed by atoms with Gasteiger partial charge in [0.15, 0.2) is 0 Å². The van der Waals surface area contributed by atoms with Crippen LogP contribution in [0.25, 0.3) is 0 Å². The molecule has 0 fully saturated rings. The van der Waals surface area contributed by atoms with Crippen molar-refractivity contribution in [2.45, 2.75) is 33.2 Å². The largest absolute Gasteiger partial charge is 0.312 e. The summed E-state index contributed by atoms with van der Waals surface area (Å²) in [6, 6.07) is 2.74. The van der Waals surface area contributed by atoms with Crippen molar-refractivity contribution in [3.05, 3.63) is 20.3 Å². The highest BCUT2D eigenvalue weighted by molar-refractivity contribution is 9.10. The molecule has 1 heterocycles. The van der Waals surface area contributed by atoms with Gasteiger partial charge in [-0.15, -0.1) is 11.3 Å². The van der Waals surface area contributed by atoms with Gasteiger partial charge in [0, 0.05) is 20.3 Å². The second-order valence-electron chi connectivity index (χ2n) is 3.70. The van der Waals surface area contributed by atoms with Crippen molar-refractivity contribution in [1.82, 2.24) is 5.32 Å². The Hall–Kier alpha value is 0.140. The van der Waals surface area contributed by atoms with Gasteiger partial charge in [-0.25, -0.2) is 0 Å². The van der Waals surface area contributed by atoms with Crippen molar-refractivity contribution in [2.75, 3.05) is 7.05 Å². The molecule has 0 aliphatic carbocycles. The van der Waals surface area contributed by atoms with E-state index < -0.39 is 0 Å². The number of rotatable bonds is 4. The normalized spacial score (nSPS) is 15.5.